The first-order valence-corrected chi connectivity index (χ1v) is 11.4. The quantitative estimate of drug-likeness (QED) is 0.188. The van der Waals surface area contributed by atoms with E-state index < -0.39 is 0 Å². The Labute approximate surface area is 193 Å². The maximum absolute atomic E-state index is 11.8. The molecule has 1 heterocycles. The largest absolute Gasteiger partial charge is 0.379 e. The third kappa shape index (κ3) is 8.20. The Balaban J connectivity index is 0.00000300. The lowest BCUT2D eigenvalue weighted by molar-refractivity contribution is -0.121. The van der Waals surface area contributed by atoms with Crippen molar-refractivity contribution >= 4 is 35.8 Å². The highest BCUT2D eigenvalue weighted by Gasteiger charge is 2.38. The van der Waals surface area contributed by atoms with Gasteiger partial charge in [-0.2, -0.15) is 0 Å². The molecule has 29 heavy (non-hydrogen) atoms. The SMILES string of the molecule is CCNC(=NCC1(N2CCOCC2)CCCCC1)NCCCC(=O)NC1CC1.I. The fraction of sp³-hybridized carbons (Fsp3) is 0.905. The fourth-order valence-corrected chi connectivity index (χ4v) is 4.37. The number of ether oxygens (including phenoxy) is 1. The maximum Gasteiger partial charge on any atom is 0.220 e. The van der Waals surface area contributed by atoms with Gasteiger partial charge in [0.2, 0.25) is 5.91 Å². The van der Waals surface area contributed by atoms with Gasteiger partial charge in [-0.25, -0.2) is 0 Å². The van der Waals surface area contributed by atoms with Crippen LogP contribution in [0.2, 0.25) is 0 Å². The van der Waals surface area contributed by atoms with Gasteiger partial charge in [0.25, 0.3) is 0 Å². The summed E-state index contributed by atoms with van der Waals surface area (Å²) >= 11 is 0. The van der Waals surface area contributed by atoms with E-state index in [1.807, 2.05) is 0 Å². The van der Waals surface area contributed by atoms with Crippen LogP contribution in [-0.4, -0.2) is 74.3 Å². The summed E-state index contributed by atoms with van der Waals surface area (Å²) in [4.78, 5) is 19.4. The highest BCUT2D eigenvalue weighted by molar-refractivity contribution is 14.0. The predicted octanol–water partition coefficient (Wildman–Crippen LogP) is 2.25. The van der Waals surface area contributed by atoms with E-state index in [9.17, 15) is 4.79 Å². The molecule has 1 amide bonds. The van der Waals surface area contributed by atoms with Crippen molar-refractivity contribution < 1.29 is 9.53 Å². The Kier molecular flexibility index (Phi) is 11.0. The number of hydrogen-bond acceptors (Lipinski definition) is 4. The number of carbonyl (C=O) groups is 1. The number of amides is 1. The van der Waals surface area contributed by atoms with Crippen LogP contribution in [-0.2, 0) is 9.53 Å². The molecule has 0 atom stereocenters. The van der Waals surface area contributed by atoms with Gasteiger partial charge < -0.3 is 20.7 Å². The van der Waals surface area contributed by atoms with E-state index in [1.54, 1.807) is 0 Å². The van der Waals surface area contributed by atoms with Crippen molar-refractivity contribution in [1.29, 1.82) is 0 Å². The Morgan fingerprint density at radius 2 is 1.86 bits per heavy atom. The van der Waals surface area contributed by atoms with Crippen molar-refractivity contribution in [2.45, 2.75) is 76.3 Å². The third-order valence-corrected chi connectivity index (χ3v) is 6.16. The number of nitrogens with one attached hydrogen (secondary N) is 3. The molecule has 7 nitrogen and oxygen atoms in total. The van der Waals surface area contributed by atoms with E-state index in [2.05, 4.69) is 27.8 Å². The minimum absolute atomic E-state index is 0. The Hall–Kier alpha value is -0.610. The number of aliphatic imine (C=N–C) groups is 1. The molecular formula is C21H40IN5O2. The predicted molar refractivity (Wildman–Crippen MR) is 128 cm³/mol. The van der Waals surface area contributed by atoms with Crippen LogP contribution in [0, 0.1) is 0 Å². The summed E-state index contributed by atoms with van der Waals surface area (Å²) in [6, 6.07) is 0.450. The third-order valence-electron chi connectivity index (χ3n) is 6.16. The van der Waals surface area contributed by atoms with Crippen LogP contribution in [0.1, 0.15) is 64.7 Å². The normalized spacial score (nSPS) is 22.4. The minimum atomic E-state index is 0. The molecule has 1 saturated heterocycles. The lowest BCUT2D eigenvalue weighted by Crippen LogP contribution is -2.56. The smallest absolute Gasteiger partial charge is 0.220 e. The number of rotatable bonds is 9. The van der Waals surface area contributed by atoms with E-state index in [0.29, 0.717) is 12.5 Å². The van der Waals surface area contributed by atoms with Crippen molar-refractivity contribution in [3.05, 3.63) is 0 Å². The van der Waals surface area contributed by atoms with E-state index in [1.165, 1.54) is 32.1 Å². The average molecular weight is 521 g/mol. The topological polar surface area (TPSA) is 78.0 Å². The van der Waals surface area contributed by atoms with Gasteiger partial charge in [-0.05, 0) is 39.0 Å². The molecule has 0 unspecified atom stereocenters. The number of guanidine groups is 1. The zero-order valence-corrected chi connectivity index (χ0v) is 20.3. The molecule has 2 saturated carbocycles. The van der Waals surface area contributed by atoms with E-state index in [0.717, 1.165) is 71.2 Å². The van der Waals surface area contributed by atoms with Gasteiger partial charge in [-0.1, -0.05) is 19.3 Å². The van der Waals surface area contributed by atoms with Crippen LogP contribution in [0.5, 0.6) is 0 Å². The van der Waals surface area contributed by atoms with E-state index in [-0.39, 0.29) is 35.4 Å². The molecule has 3 fully saturated rings. The summed E-state index contributed by atoms with van der Waals surface area (Å²) < 4.78 is 5.58. The second-order valence-electron chi connectivity index (χ2n) is 8.45. The van der Waals surface area contributed by atoms with Crippen LogP contribution in [0.25, 0.3) is 0 Å². The lowest BCUT2D eigenvalue weighted by atomic mass is 9.80. The van der Waals surface area contributed by atoms with Crippen LogP contribution < -0.4 is 16.0 Å². The van der Waals surface area contributed by atoms with Gasteiger partial charge in [0, 0.05) is 44.2 Å². The van der Waals surface area contributed by atoms with Gasteiger partial charge in [-0.15, -0.1) is 24.0 Å². The summed E-state index contributed by atoms with van der Waals surface area (Å²) in [5.74, 6) is 1.06. The monoisotopic (exact) mass is 521 g/mol. The molecule has 8 heteroatoms. The first kappa shape index (κ1) is 24.7. The summed E-state index contributed by atoms with van der Waals surface area (Å²) in [5, 5.41) is 9.84. The number of morpholine rings is 1. The van der Waals surface area contributed by atoms with Crippen LogP contribution in [0.3, 0.4) is 0 Å². The van der Waals surface area contributed by atoms with Crippen molar-refractivity contribution in [3.8, 4) is 0 Å². The van der Waals surface area contributed by atoms with Crippen LogP contribution >= 0.6 is 24.0 Å². The Morgan fingerprint density at radius 3 is 2.52 bits per heavy atom. The molecule has 0 aromatic carbocycles. The maximum atomic E-state index is 11.8. The first-order valence-electron chi connectivity index (χ1n) is 11.4. The molecule has 168 valence electrons. The van der Waals surface area contributed by atoms with Gasteiger partial charge in [0.15, 0.2) is 5.96 Å². The number of carbonyl (C=O) groups excluding carboxylic acids is 1. The van der Waals surface area contributed by atoms with Gasteiger partial charge in [-0.3, -0.25) is 14.7 Å². The van der Waals surface area contributed by atoms with Gasteiger partial charge >= 0.3 is 0 Å². The van der Waals surface area contributed by atoms with Crippen LogP contribution in [0.15, 0.2) is 4.99 Å². The number of nitrogens with zero attached hydrogens (tertiary/aromatic N) is 2. The molecule has 0 aromatic heterocycles. The summed E-state index contributed by atoms with van der Waals surface area (Å²) in [7, 11) is 0. The first-order chi connectivity index (χ1) is 13.7. The van der Waals surface area contributed by atoms with Crippen molar-refractivity contribution in [1.82, 2.24) is 20.9 Å². The zero-order valence-electron chi connectivity index (χ0n) is 18.0. The number of halogens is 1. The Bertz CT molecular complexity index is 515. The highest BCUT2D eigenvalue weighted by atomic mass is 127. The number of hydrogen-bond donors (Lipinski definition) is 3. The van der Waals surface area contributed by atoms with Crippen molar-refractivity contribution in [2.75, 3.05) is 45.9 Å². The molecule has 0 spiro atoms. The molecule has 0 aromatic rings. The Morgan fingerprint density at radius 1 is 1.14 bits per heavy atom. The summed E-state index contributed by atoms with van der Waals surface area (Å²) in [5.41, 5.74) is 0.189. The standard InChI is InChI=1S/C21H39N5O2.HI/c1-2-22-20(23-12-6-7-19(27)25-18-8-9-18)24-17-21(10-4-3-5-11-21)26-13-15-28-16-14-26;/h18H,2-17H2,1H3,(H,25,27)(H2,22,23,24);1H. The molecule has 3 N–H and O–H groups in total. The van der Waals surface area contributed by atoms with E-state index >= 15 is 0 Å². The fourth-order valence-electron chi connectivity index (χ4n) is 4.37. The van der Waals surface area contributed by atoms with Crippen molar-refractivity contribution in [2.24, 2.45) is 4.99 Å². The average Bonchev–Trinajstić information content (AvgIpc) is 3.54. The summed E-state index contributed by atoms with van der Waals surface area (Å²) in [6.45, 7) is 8.28. The second-order valence-corrected chi connectivity index (χ2v) is 8.45. The summed E-state index contributed by atoms with van der Waals surface area (Å²) in [6.07, 6.45) is 10.1. The van der Waals surface area contributed by atoms with Crippen molar-refractivity contribution in [3.63, 3.8) is 0 Å². The molecule has 0 bridgehead atoms. The molecule has 3 aliphatic rings. The highest BCUT2D eigenvalue weighted by Crippen LogP contribution is 2.34. The lowest BCUT2D eigenvalue weighted by Gasteiger charge is -2.47. The van der Waals surface area contributed by atoms with Gasteiger partial charge in [0.05, 0.1) is 19.8 Å². The van der Waals surface area contributed by atoms with E-state index in [4.69, 9.17) is 9.73 Å². The molecule has 0 radical (unpaired) electrons. The molecule has 2 aliphatic carbocycles. The molecule has 1 aliphatic heterocycles. The molecule has 3 rings (SSSR count). The van der Waals surface area contributed by atoms with Crippen LogP contribution in [0.4, 0.5) is 0 Å². The van der Waals surface area contributed by atoms with Gasteiger partial charge in [0.1, 0.15) is 0 Å². The zero-order chi connectivity index (χ0) is 19.7. The second kappa shape index (κ2) is 12.9. The molecular weight excluding hydrogens is 481 g/mol. The minimum Gasteiger partial charge on any atom is -0.379 e.